The summed E-state index contributed by atoms with van der Waals surface area (Å²) in [5, 5.41) is 1.96. The highest BCUT2D eigenvalue weighted by Crippen LogP contribution is 2.36. The maximum Gasteiger partial charge on any atom is 0.433 e. The molecule has 0 aromatic carbocycles. The highest BCUT2D eigenvalue weighted by Gasteiger charge is 2.36. The first-order valence-corrected chi connectivity index (χ1v) is 9.04. The topological polar surface area (TPSA) is 41.9 Å². The Balaban J connectivity index is 1.78. The summed E-state index contributed by atoms with van der Waals surface area (Å²) >= 11 is 1.59. The minimum atomic E-state index is -4.53. The molecule has 3 aromatic rings. The molecule has 4 rings (SSSR count). The molecule has 3 heterocycles. The lowest BCUT2D eigenvalue weighted by atomic mass is 10.2. The van der Waals surface area contributed by atoms with Crippen molar-refractivity contribution in [3.8, 4) is 11.4 Å². The van der Waals surface area contributed by atoms with E-state index in [-0.39, 0.29) is 11.9 Å². The SMILES string of the molecule is FC(F)(F)c1cc(N(Cc2cccs2)C2CC2)nc(-c2ccncc2)n1. The lowest BCUT2D eigenvalue weighted by Crippen LogP contribution is -2.26. The van der Waals surface area contributed by atoms with Gasteiger partial charge in [-0.15, -0.1) is 11.3 Å². The second-order valence-corrected chi connectivity index (χ2v) is 7.14. The summed E-state index contributed by atoms with van der Waals surface area (Å²) in [5.41, 5.74) is -0.412. The molecule has 0 aliphatic heterocycles. The number of alkyl halides is 3. The van der Waals surface area contributed by atoms with E-state index in [9.17, 15) is 13.2 Å². The standard InChI is InChI=1S/C18H15F3N4S/c19-18(20,21)15-10-16(24-17(23-15)12-5-7-22-8-6-12)25(13-3-4-13)11-14-2-1-9-26-14/h1-2,5-10,13H,3-4,11H2. The second kappa shape index (κ2) is 6.68. The maximum atomic E-state index is 13.4. The van der Waals surface area contributed by atoms with E-state index in [1.54, 1.807) is 23.5 Å². The van der Waals surface area contributed by atoms with Gasteiger partial charge in [-0.3, -0.25) is 4.98 Å². The van der Waals surface area contributed by atoms with Crippen molar-refractivity contribution in [3.63, 3.8) is 0 Å². The average molecular weight is 376 g/mol. The molecular weight excluding hydrogens is 361 g/mol. The van der Waals surface area contributed by atoms with Gasteiger partial charge in [0.25, 0.3) is 0 Å². The van der Waals surface area contributed by atoms with Crippen molar-refractivity contribution in [2.75, 3.05) is 4.90 Å². The molecule has 1 fully saturated rings. The summed E-state index contributed by atoms with van der Waals surface area (Å²) in [7, 11) is 0. The van der Waals surface area contributed by atoms with Crippen LogP contribution in [0.1, 0.15) is 23.4 Å². The van der Waals surface area contributed by atoms with Crippen LogP contribution in [-0.4, -0.2) is 21.0 Å². The minimum absolute atomic E-state index is 0.0639. The molecule has 4 nitrogen and oxygen atoms in total. The first kappa shape index (κ1) is 17.0. The summed E-state index contributed by atoms with van der Waals surface area (Å²) < 4.78 is 40.2. The van der Waals surface area contributed by atoms with Crippen LogP contribution >= 0.6 is 11.3 Å². The Hall–Kier alpha value is -2.48. The van der Waals surface area contributed by atoms with Crippen molar-refractivity contribution in [2.24, 2.45) is 0 Å². The van der Waals surface area contributed by atoms with Crippen LogP contribution in [0.3, 0.4) is 0 Å². The monoisotopic (exact) mass is 376 g/mol. The largest absolute Gasteiger partial charge is 0.433 e. The first-order valence-electron chi connectivity index (χ1n) is 8.16. The number of halogens is 3. The molecule has 3 aromatic heterocycles. The lowest BCUT2D eigenvalue weighted by Gasteiger charge is -2.24. The fraction of sp³-hybridized carbons (Fsp3) is 0.278. The van der Waals surface area contributed by atoms with Gasteiger partial charge in [0.2, 0.25) is 0 Å². The Morgan fingerprint density at radius 1 is 1.12 bits per heavy atom. The predicted octanol–water partition coefficient (Wildman–Crippen LogP) is 4.79. The molecule has 0 N–H and O–H groups in total. The molecule has 1 saturated carbocycles. The summed E-state index contributed by atoms with van der Waals surface area (Å²) in [4.78, 5) is 15.1. The van der Waals surface area contributed by atoms with Crippen LogP contribution in [-0.2, 0) is 12.7 Å². The Labute approximate surface area is 152 Å². The first-order chi connectivity index (χ1) is 12.5. The van der Waals surface area contributed by atoms with Crippen LogP contribution in [0, 0.1) is 0 Å². The van der Waals surface area contributed by atoms with Crippen LogP contribution in [0.25, 0.3) is 11.4 Å². The van der Waals surface area contributed by atoms with Crippen LogP contribution < -0.4 is 4.90 Å². The van der Waals surface area contributed by atoms with Crippen LogP contribution in [0.15, 0.2) is 48.1 Å². The van der Waals surface area contributed by atoms with E-state index in [1.807, 2.05) is 22.4 Å². The number of aromatic nitrogens is 3. The smallest absolute Gasteiger partial charge is 0.348 e. The lowest BCUT2D eigenvalue weighted by molar-refractivity contribution is -0.141. The van der Waals surface area contributed by atoms with E-state index in [0.717, 1.165) is 23.8 Å². The number of rotatable bonds is 5. The van der Waals surface area contributed by atoms with E-state index < -0.39 is 11.9 Å². The van der Waals surface area contributed by atoms with Crippen molar-refractivity contribution >= 4 is 17.2 Å². The maximum absolute atomic E-state index is 13.4. The van der Waals surface area contributed by atoms with Gasteiger partial charge in [0.15, 0.2) is 11.5 Å². The molecule has 0 bridgehead atoms. The number of anilines is 1. The number of hydrogen-bond donors (Lipinski definition) is 0. The van der Waals surface area contributed by atoms with Gasteiger partial charge in [0, 0.05) is 34.9 Å². The highest BCUT2D eigenvalue weighted by atomic mass is 32.1. The van der Waals surface area contributed by atoms with Gasteiger partial charge in [0.05, 0.1) is 6.54 Å². The third-order valence-electron chi connectivity index (χ3n) is 4.13. The van der Waals surface area contributed by atoms with Gasteiger partial charge in [-0.1, -0.05) is 6.07 Å². The van der Waals surface area contributed by atoms with Gasteiger partial charge in [-0.05, 0) is 36.4 Å². The molecule has 0 unspecified atom stereocenters. The zero-order valence-electron chi connectivity index (χ0n) is 13.6. The van der Waals surface area contributed by atoms with Crippen LogP contribution in [0.5, 0.6) is 0 Å². The molecule has 1 aliphatic carbocycles. The third kappa shape index (κ3) is 3.70. The Bertz CT molecular complexity index is 877. The molecule has 26 heavy (non-hydrogen) atoms. The molecule has 0 atom stereocenters. The van der Waals surface area contributed by atoms with Crippen molar-refractivity contribution in [1.29, 1.82) is 0 Å². The molecule has 1 aliphatic rings. The summed E-state index contributed by atoms with van der Waals surface area (Å²) in [6.07, 6.45) is 0.423. The van der Waals surface area contributed by atoms with Crippen molar-refractivity contribution in [3.05, 3.63) is 58.7 Å². The number of pyridine rings is 1. The normalized spacial score (nSPS) is 14.4. The van der Waals surface area contributed by atoms with Crippen LogP contribution in [0.2, 0.25) is 0 Å². The van der Waals surface area contributed by atoms with E-state index in [0.29, 0.717) is 17.9 Å². The third-order valence-corrected chi connectivity index (χ3v) is 4.99. The highest BCUT2D eigenvalue weighted by molar-refractivity contribution is 7.09. The fourth-order valence-corrected chi connectivity index (χ4v) is 3.41. The molecule has 134 valence electrons. The van der Waals surface area contributed by atoms with Gasteiger partial charge in [-0.25, -0.2) is 9.97 Å². The predicted molar refractivity (Wildman–Crippen MR) is 93.8 cm³/mol. The van der Waals surface area contributed by atoms with E-state index in [4.69, 9.17) is 0 Å². The number of hydrogen-bond acceptors (Lipinski definition) is 5. The molecular formula is C18H15F3N4S. The summed E-state index contributed by atoms with van der Waals surface area (Å²) in [6.45, 7) is 0.548. The zero-order valence-corrected chi connectivity index (χ0v) is 14.5. The summed E-state index contributed by atoms with van der Waals surface area (Å²) in [5.74, 6) is 0.379. The van der Waals surface area contributed by atoms with E-state index >= 15 is 0 Å². The molecule has 0 spiro atoms. The molecule has 0 saturated heterocycles. The van der Waals surface area contributed by atoms with Gasteiger partial charge >= 0.3 is 6.18 Å². The quantitative estimate of drug-likeness (QED) is 0.642. The summed E-state index contributed by atoms with van der Waals surface area (Å²) in [6, 6.07) is 8.42. The Morgan fingerprint density at radius 2 is 1.88 bits per heavy atom. The number of nitrogens with zero attached hydrogens (tertiary/aromatic N) is 4. The minimum Gasteiger partial charge on any atom is -0.348 e. The Morgan fingerprint density at radius 3 is 2.50 bits per heavy atom. The number of thiophene rings is 1. The van der Waals surface area contributed by atoms with E-state index in [2.05, 4.69) is 15.0 Å². The van der Waals surface area contributed by atoms with Crippen molar-refractivity contribution in [1.82, 2.24) is 15.0 Å². The average Bonchev–Trinajstić information content (AvgIpc) is 3.35. The van der Waals surface area contributed by atoms with Gasteiger partial charge in [0.1, 0.15) is 5.82 Å². The second-order valence-electron chi connectivity index (χ2n) is 6.11. The van der Waals surface area contributed by atoms with Crippen LogP contribution in [0.4, 0.5) is 19.0 Å². The fourth-order valence-electron chi connectivity index (χ4n) is 2.71. The molecule has 0 radical (unpaired) electrons. The van der Waals surface area contributed by atoms with Crippen molar-refractivity contribution < 1.29 is 13.2 Å². The van der Waals surface area contributed by atoms with Gasteiger partial charge < -0.3 is 4.90 Å². The Kier molecular flexibility index (Phi) is 4.36. The van der Waals surface area contributed by atoms with E-state index in [1.165, 1.54) is 12.4 Å². The molecule has 0 amide bonds. The van der Waals surface area contributed by atoms with Crippen molar-refractivity contribution in [2.45, 2.75) is 31.6 Å². The molecule has 8 heteroatoms. The zero-order chi connectivity index (χ0) is 18.1. The van der Waals surface area contributed by atoms with Gasteiger partial charge in [-0.2, -0.15) is 13.2 Å².